The maximum Gasteiger partial charge on any atom is 0.494 e. The second-order valence-corrected chi connectivity index (χ2v) is 6.96. The molecule has 0 aliphatic carbocycles. The summed E-state index contributed by atoms with van der Waals surface area (Å²) in [5.41, 5.74) is 3.14. The largest absolute Gasteiger partial charge is 0.494 e. The fraction of sp³-hybridized carbons (Fsp3) is 0.625. The molecule has 0 spiro atoms. The summed E-state index contributed by atoms with van der Waals surface area (Å²) in [5.74, 6) is 0.464. The fourth-order valence-corrected chi connectivity index (χ4v) is 2.79. The molecule has 0 radical (unpaired) electrons. The van der Waals surface area contributed by atoms with Crippen molar-refractivity contribution in [1.82, 2.24) is 0 Å². The second kappa shape index (κ2) is 4.59. The van der Waals surface area contributed by atoms with Gasteiger partial charge in [0.2, 0.25) is 0 Å². The van der Waals surface area contributed by atoms with Gasteiger partial charge in [-0.05, 0) is 44.3 Å². The number of ether oxygens (including phenoxy) is 1. The molecular weight excluding hydrogens is 251 g/mol. The Hall–Kier alpha value is -0.835. The molecule has 0 saturated carbocycles. The molecule has 1 aromatic carbocycles. The maximum absolute atomic E-state index is 6.10. The molecule has 1 unspecified atom stereocenters. The van der Waals surface area contributed by atoms with E-state index >= 15 is 0 Å². The average Bonchev–Trinajstić information content (AvgIpc) is 2.58. The molecule has 2 aliphatic heterocycles. The van der Waals surface area contributed by atoms with Crippen molar-refractivity contribution in [1.29, 1.82) is 0 Å². The Kier molecular flexibility index (Phi) is 3.24. The van der Waals surface area contributed by atoms with E-state index in [0.717, 1.165) is 12.1 Å². The van der Waals surface area contributed by atoms with E-state index in [2.05, 4.69) is 52.8 Å². The summed E-state index contributed by atoms with van der Waals surface area (Å²) in [6.45, 7) is 12.0. The minimum Gasteiger partial charge on any atom is -0.399 e. The minimum atomic E-state index is -0.294. The molecule has 0 aromatic heterocycles. The summed E-state index contributed by atoms with van der Waals surface area (Å²) in [5, 5.41) is 0. The van der Waals surface area contributed by atoms with Crippen molar-refractivity contribution in [3.05, 3.63) is 29.3 Å². The van der Waals surface area contributed by atoms with Gasteiger partial charge in [0.05, 0.1) is 24.4 Å². The summed E-state index contributed by atoms with van der Waals surface area (Å²) in [4.78, 5) is 0. The molecule has 2 heterocycles. The number of hydrogen-bond donors (Lipinski definition) is 0. The van der Waals surface area contributed by atoms with E-state index in [1.165, 1.54) is 11.1 Å². The number of rotatable bonds is 1. The Morgan fingerprint density at radius 1 is 1.10 bits per heavy atom. The summed E-state index contributed by atoms with van der Waals surface area (Å²) >= 11 is 0. The standard InChI is InChI=1S/C16H23BO3/c1-11-9-18-10-12-8-13(6-7-14(11)12)17-19-15(2,3)16(4,5)20-17/h6-8,11H,9-10H2,1-5H3. The van der Waals surface area contributed by atoms with Gasteiger partial charge in [0.25, 0.3) is 0 Å². The van der Waals surface area contributed by atoms with Crippen molar-refractivity contribution >= 4 is 12.6 Å². The van der Waals surface area contributed by atoms with Gasteiger partial charge in [0, 0.05) is 5.92 Å². The van der Waals surface area contributed by atoms with Gasteiger partial charge in [-0.2, -0.15) is 0 Å². The maximum atomic E-state index is 6.10. The number of fused-ring (bicyclic) bond motifs is 1. The van der Waals surface area contributed by atoms with Crippen LogP contribution in [0.4, 0.5) is 0 Å². The summed E-state index contributed by atoms with van der Waals surface area (Å²) in [6, 6.07) is 6.50. The van der Waals surface area contributed by atoms with Crippen molar-refractivity contribution in [2.45, 2.75) is 58.3 Å². The Morgan fingerprint density at radius 2 is 1.75 bits per heavy atom. The normalized spacial score (nSPS) is 27.4. The van der Waals surface area contributed by atoms with E-state index in [1.807, 2.05) is 0 Å². The van der Waals surface area contributed by atoms with Crippen LogP contribution in [0.3, 0.4) is 0 Å². The van der Waals surface area contributed by atoms with E-state index < -0.39 is 0 Å². The summed E-state index contributed by atoms with van der Waals surface area (Å²) in [7, 11) is -0.289. The first kappa shape index (κ1) is 14.1. The van der Waals surface area contributed by atoms with Gasteiger partial charge >= 0.3 is 7.12 Å². The lowest BCUT2D eigenvalue weighted by Gasteiger charge is -2.32. The number of hydrogen-bond acceptors (Lipinski definition) is 3. The Morgan fingerprint density at radius 3 is 2.40 bits per heavy atom. The van der Waals surface area contributed by atoms with Crippen molar-refractivity contribution in [3.63, 3.8) is 0 Å². The van der Waals surface area contributed by atoms with E-state index in [0.29, 0.717) is 12.5 Å². The van der Waals surface area contributed by atoms with Gasteiger partial charge in [0.1, 0.15) is 0 Å². The first-order valence-electron chi connectivity index (χ1n) is 7.36. The first-order chi connectivity index (χ1) is 9.30. The van der Waals surface area contributed by atoms with Gasteiger partial charge in [-0.25, -0.2) is 0 Å². The Bertz CT molecular complexity index is 508. The zero-order chi connectivity index (χ0) is 14.5. The molecule has 3 nitrogen and oxygen atoms in total. The van der Waals surface area contributed by atoms with Crippen LogP contribution in [-0.2, 0) is 20.7 Å². The van der Waals surface area contributed by atoms with Crippen LogP contribution in [0.25, 0.3) is 0 Å². The number of benzene rings is 1. The predicted octanol–water partition coefficient (Wildman–Crippen LogP) is 2.62. The Labute approximate surface area is 121 Å². The molecule has 0 N–H and O–H groups in total. The first-order valence-corrected chi connectivity index (χ1v) is 7.36. The van der Waals surface area contributed by atoms with E-state index in [4.69, 9.17) is 14.0 Å². The molecular formula is C16H23BO3. The summed E-state index contributed by atoms with van der Waals surface area (Å²) < 4.78 is 17.8. The fourth-order valence-electron chi connectivity index (χ4n) is 2.79. The molecule has 108 valence electrons. The highest BCUT2D eigenvalue weighted by Crippen LogP contribution is 2.36. The van der Waals surface area contributed by atoms with Crippen LogP contribution in [0.15, 0.2) is 18.2 Å². The van der Waals surface area contributed by atoms with E-state index in [-0.39, 0.29) is 18.3 Å². The topological polar surface area (TPSA) is 27.7 Å². The highest BCUT2D eigenvalue weighted by atomic mass is 16.7. The minimum absolute atomic E-state index is 0.289. The van der Waals surface area contributed by atoms with Crippen LogP contribution in [0.2, 0.25) is 0 Å². The van der Waals surface area contributed by atoms with Crippen molar-refractivity contribution in [2.75, 3.05) is 6.61 Å². The van der Waals surface area contributed by atoms with Crippen LogP contribution >= 0.6 is 0 Å². The predicted molar refractivity (Wildman–Crippen MR) is 80.2 cm³/mol. The van der Waals surface area contributed by atoms with Gasteiger partial charge in [-0.15, -0.1) is 0 Å². The van der Waals surface area contributed by atoms with Gasteiger partial charge in [-0.1, -0.05) is 25.1 Å². The quantitative estimate of drug-likeness (QED) is 0.737. The molecule has 1 fully saturated rings. The van der Waals surface area contributed by atoms with E-state index in [9.17, 15) is 0 Å². The third-order valence-corrected chi connectivity index (χ3v) is 4.85. The molecule has 0 amide bonds. The average molecular weight is 274 g/mol. The molecule has 2 aliphatic rings. The lowest BCUT2D eigenvalue weighted by atomic mass is 9.76. The molecule has 3 rings (SSSR count). The SMILES string of the molecule is CC1COCc2cc(B3OC(C)(C)C(C)(C)O3)ccc21. The van der Waals surface area contributed by atoms with Gasteiger partial charge in [-0.3, -0.25) is 0 Å². The molecule has 20 heavy (non-hydrogen) atoms. The molecule has 0 bridgehead atoms. The van der Waals surface area contributed by atoms with Crippen LogP contribution in [0, 0.1) is 0 Å². The monoisotopic (exact) mass is 274 g/mol. The van der Waals surface area contributed by atoms with Crippen molar-refractivity contribution in [3.8, 4) is 0 Å². The molecule has 4 heteroatoms. The van der Waals surface area contributed by atoms with Crippen molar-refractivity contribution < 1.29 is 14.0 Å². The molecule has 1 atom stereocenters. The molecule has 1 saturated heterocycles. The van der Waals surface area contributed by atoms with Crippen molar-refractivity contribution in [2.24, 2.45) is 0 Å². The van der Waals surface area contributed by atoms with Crippen LogP contribution in [0.1, 0.15) is 51.7 Å². The summed E-state index contributed by atoms with van der Waals surface area (Å²) in [6.07, 6.45) is 0. The highest BCUT2D eigenvalue weighted by Gasteiger charge is 2.51. The highest BCUT2D eigenvalue weighted by molar-refractivity contribution is 6.62. The van der Waals surface area contributed by atoms with Crippen LogP contribution in [-0.4, -0.2) is 24.9 Å². The van der Waals surface area contributed by atoms with Gasteiger partial charge < -0.3 is 14.0 Å². The van der Waals surface area contributed by atoms with Crippen LogP contribution in [0.5, 0.6) is 0 Å². The third kappa shape index (κ3) is 2.20. The smallest absolute Gasteiger partial charge is 0.399 e. The second-order valence-electron chi connectivity index (χ2n) is 6.96. The zero-order valence-corrected chi connectivity index (χ0v) is 13.0. The Balaban J connectivity index is 1.90. The lowest BCUT2D eigenvalue weighted by Crippen LogP contribution is -2.41. The van der Waals surface area contributed by atoms with E-state index in [1.54, 1.807) is 0 Å². The van der Waals surface area contributed by atoms with Gasteiger partial charge in [0.15, 0.2) is 0 Å². The third-order valence-electron chi connectivity index (χ3n) is 4.85. The molecule has 1 aromatic rings. The zero-order valence-electron chi connectivity index (χ0n) is 13.0. The lowest BCUT2D eigenvalue weighted by molar-refractivity contribution is 0.00578. The van der Waals surface area contributed by atoms with Crippen LogP contribution < -0.4 is 5.46 Å².